The SMILES string of the molecule is C1=CCC(c2cc(-c3ccc4c(c3)-c3ccccc3-c3ccccc3/C=C/C(C3C=CC(c5cccc6ncccc56)=CC3)C/C=C/S4)nc(-c3ccccc3)n2)C=C1. The average Bonchev–Trinajstić information content (AvgIpc) is 3.32. The summed E-state index contributed by atoms with van der Waals surface area (Å²) >= 11 is 1.80. The van der Waals surface area contributed by atoms with Crippen molar-refractivity contribution in [1.29, 1.82) is 0 Å². The van der Waals surface area contributed by atoms with Crippen molar-refractivity contribution in [2.75, 3.05) is 0 Å². The van der Waals surface area contributed by atoms with Gasteiger partial charge >= 0.3 is 0 Å². The average molecular weight is 778 g/mol. The zero-order valence-corrected chi connectivity index (χ0v) is 33.5. The predicted molar refractivity (Wildman–Crippen MR) is 249 cm³/mol. The van der Waals surface area contributed by atoms with E-state index in [0.717, 1.165) is 53.1 Å². The fraction of sp³-hybridized carbons (Fsp3) is 0.109. The topological polar surface area (TPSA) is 38.7 Å². The summed E-state index contributed by atoms with van der Waals surface area (Å²) in [6, 6.07) is 47.7. The minimum atomic E-state index is 0.205. The molecule has 3 unspecified atom stereocenters. The largest absolute Gasteiger partial charge is 0.256 e. The summed E-state index contributed by atoms with van der Waals surface area (Å²) in [6.45, 7) is 0. The van der Waals surface area contributed by atoms with E-state index in [-0.39, 0.29) is 5.92 Å². The lowest BCUT2D eigenvalue weighted by Crippen LogP contribution is -2.11. The monoisotopic (exact) mass is 777 g/mol. The van der Waals surface area contributed by atoms with E-state index < -0.39 is 0 Å². The van der Waals surface area contributed by atoms with Crippen molar-refractivity contribution in [3.63, 3.8) is 0 Å². The molecule has 0 radical (unpaired) electrons. The van der Waals surface area contributed by atoms with E-state index in [2.05, 4.69) is 192 Å². The number of fused-ring (bicyclic) bond motifs is 6. The third-order valence-corrected chi connectivity index (χ3v) is 12.7. The zero-order valence-electron chi connectivity index (χ0n) is 32.7. The molecule has 3 nitrogen and oxygen atoms in total. The Morgan fingerprint density at radius 1 is 0.542 bits per heavy atom. The van der Waals surface area contributed by atoms with Gasteiger partial charge in [0.15, 0.2) is 5.82 Å². The molecule has 10 rings (SSSR count). The number of hydrogen-bond donors (Lipinski definition) is 0. The Morgan fingerprint density at radius 2 is 1.34 bits per heavy atom. The molecular weight excluding hydrogens is 735 g/mol. The van der Waals surface area contributed by atoms with Crippen molar-refractivity contribution in [1.82, 2.24) is 15.0 Å². The smallest absolute Gasteiger partial charge is 0.160 e. The Balaban J connectivity index is 1.03. The van der Waals surface area contributed by atoms with E-state index in [0.29, 0.717) is 11.8 Å². The van der Waals surface area contributed by atoms with Crippen molar-refractivity contribution < 1.29 is 0 Å². The van der Waals surface area contributed by atoms with E-state index in [1.807, 2.05) is 18.3 Å². The molecule has 0 spiro atoms. The highest BCUT2D eigenvalue weighted by atomic mass is 32.2. The Hall–Kier alpha value is -6.62. The number of benzene rings is 5. The van der Waals surface area contributed by atoms with Crippen LogP contribution in [0.15, 0.2) is 205 Å². The second kappa shape index (κ2) is 16.7. The molecule has 2 aromatic heterocycles. The van der Waals surface area contributed by atoms with Crippen molar-refractivity contribution in [3.05, 3.63) is 217 Å². The van der Waals surface area contributed by atoms with Crippen molar-refractivity contribution in [2.24, 2.45) is 11.8 Å². The summed E-state index contributed by atoms with van der Waals surface area (Å²) in [4.78, 5) is 16.2. The fourth-order valence-corrected chi connectivity index (χ4v) is 9.43. The Bertz CT molecular complexity index is 2860. The molecule has 0 saturated carbocycles. The van der Waals surface area contributed by atoms with E-state index in [4.69, 9.17) is 9.97 Å². The van der Waals surface area contributed by atoms with Crippen molar-refractivity contribution >= 4 is 34.3 Å². The quantitative estimate of drug-likeness (QED) is 0.174. The maximum absolute atomic E-state index is 5.22. The second-order valence-electron chi connectivity index (χ2n) is 15.4. The van der Waals surface area contributed by atoms with Gasteiger partial charge in [-0.15, -0.1) is 0 Å². The van der Waals surface area contributed by atoms with Crippen LogP contribution in [0.25, 0.3) is 67.5 Å². The summed E-state index contributed by atoms with van der Waals surface area (Å²) in [6.07, 6.45) is 27.8. The maximum atomic E-state index is 5.22. The molecule has 1 aliphatic heterocycles. The molecule has 284 valence electrons. The Labute approximate surface area is 351 Å². The Kier molecular flexibility index (Phi) is 10.4. The molecule has 0 N–H and O–H groups in total. The molecule has 2 aliphatic carbocycles. The van der Waals surface area contributed by atoms with E-state index >= 15 is 0 Å². The first kappa shape index (κ1) is 36.7. The minimum absolute atomic E-state index is 0.205. The third-order valence-electron chi connectivity index (χ3n) is 11.7. The molecule has 3 aliphatic rings. The van der Waals surface area contributed by atoms with Gasteiger partial charge in [0, 0.05) is 33.5 Å². The van der Waals surface area contributed by atoms with E-state index in [9.17, 15) is 0 Å². The van der Waals surface area contributed by atoms with Crippen LogP contribution in [0.3, 0.4) is 0 Å². The second-order valence-corrected chi connectivity index (χ2v) is 16.4. The van der Waals surface area contributed by atoms with Crippen molar-refractivity contribution in [2.45, 2.75) is 30.1 Å². The summed E-state index contributed by atoms with van der Waals surface area (Å²) in [5.74, 6) is 1.68. The maximum Gasteiger partial charge on any atom is 0.160 e. The molecule has 0 bridgehead atoms. The molecule has 3 atom stereocenters. The molecule has 4 heteroatoms. The standard InChI is InChI=1S/C55H43N3S/c1-3-15-42(16-4-1)52-37-53(58-55(57-52)43-17-5-2-6-18-43)44-32-33-54-50(36-44)48-22-10-9-21-47(48)45-20-8-7-14-40(45)29-26-38(19-13-35-59-54)39-27-30-41(31-28-39)46-23-11-25-51-49(46)24-12-34-56-51/h1-15,17-18,20-27,29-39,42H,16,19,28H2/b29-26+,35-13+. The molecule has 0 saturated heterocycles. The summed E-state index contributed by atoms with van der Waals surface area (Å²) < 4.78 is 0. The lowest BCUT2D eigenvalue weighted by atomic mass is 9.81. The van der Waals surface area contributed by atoms with Crippen LogP contribution < -0.4 is 0 Å². The zero-order chi connectivity index (χ0) is 39.4. The number of pyridine rings is 1. The first-order valence-electron chi connectivity index (χ1n) is 20.6. The van der Waals surface area contributed by atoms with Gasteiger partial charge in [-0.3, -0.25) is 4.98 Å². The summed E-state index contributed by atoms with van der Waals surface area (Å²) in [5, 5.41) is 3.49. The van der Waals surface area contributed by atoms with E-state index in [1.54, 1.807) is 11.8 Å². The first-order chi connectivity index (χ1) is 29.2. The predicted octanol–water partition coefficient (Wildman–Crippen LogP) is 14.6. The van der Waals surface area contributed by atoms with Gasteiger partial charge in [-0.1, -0.05) is 176 Å². The normalized spacial score (nSPS) is 19.6. The van der Waals surface area contributed by atoms with Gasteiger partial charge in [-0.05, 0) is 106 Å². The summed E-state index contributed by atoms with van der Waals surface area (Å²) in [5.41, 5.74) is 13.7. The highest BCUT2D eigenvalue weighted by molar-refractivity contribution is 8.02. The lowest BCUT2D eigenvalue weighted by molar-refractivity contribution is 0.483. The molecule has 7 aromatic rings. The van der Waals surface area contributed by atoms with Crippen LogP contribution in [0, 0.1) is 11.8 Å². The lowest BCUT2D eigenvalue weighted by Gasteiger charge is -2.23. The van der Waals surface area contributed by atoms with Crippen molar-refractivity contribution in [3.8, 4) is 44.9 Å². The molecule has 59 heavy (non-hydrogen) atoms. The van der Waals surface area contributed by atoms with Crippen LogP contribution in [0.5, 0.6) is 0 Å². The number of rotatable bonds is 5. The van der Waals surface area contributed by atoms with E-state index in [1.165, 1.54) is 49.2 Å². The number of nitrogens with zero attached hydrogens (tertiary/aromatic N) is 3. The van der Waals surface area contributed by atoms with Crippen LogP contribution in [-0.4, -0.2) is 15.0 Å². The van der Waals surface area contributed by atoms with Crippen LogP contribution >= 0.6 is 11.8 Å². The number of hydrogen-bond acceptors (Lipinski definition) is 4. The van der Waals surface area contributed by atoms with Gasteiger partial charge in [0.25, 0.3) is 0 Å². The number of aromatic nitrogens is 3. The highest BCUT2D eigenvalue weighted by Crippen LogP contribution is 2.43. The molecule has 0 fully saturated rings. The van der Waals surface area contributed by atoms with Crippen LogP contribution in [-0.2, 0) is 0 Å². The molecule has 3 heterocycles. The van der Waals surface area contributed by atoms with Crippen LogP contribution in [0.2, 0.25) is 0 Å². The van der Waals surface area contributed by atoms with Gasteiger partial charge in [0.05, 0.1) is 16.9 Å². The van der Waals surface area contributed by atoms with Gasteiger partial charge in [0.2, 0.25) is 0 Å². The first-order valence-corrected chi connectivity index (χ1v) is 21.5. The van der Waals surface area contributed by atoms with Gasteiger partial charge in [-0.25, -0.2) is 9.97 Å². The van der Waals surface area contributed by atoms with Crippen LogP contribution in [0.4, 0.5) is 0 Å². The molecular formula is C55H43N3S. The summed E-state index contributed by atoms with van der Waals surface area (Å²) in [7, 11) is 0. The van der Waals surface area contributed by atoms with Gasteiger partial charge in [-0.2, -0.15) is 0 Å². The van der Waals surface area contributed by atoms with Gasteiger partial charge in [0.1, 0.15) is 0 Å². The van der Waals surface area contributed by atoms with Crippen LogP contribution in [0.1, 0.15) is 42.0 Å². The minimum Gasteiger partial charge on any atom is -0.256 e. The number of thioether (sulfide) groups is 1. The fourth-order valence-electron chi connectivity index (χ4n) is 8.63. The highest BCUT2D eigenvalue weighted by Gasteiger charge is 2.21. The molecule has 0 amide bonds. The number of allylic oxidation sites excluding steroid dienone is 10. The third kappa shape index (κ3) is 7.72. The van der Waals surface area contributed by atoms with Gasteiger partial charge < -0.3 is 0 Å². The molecule has 5 aromatic carbocycles. The Morgan fingerprint density at radius 3 is 2.19 bits per heavy atom.